The van der Waals surface area contributed by atoms with Gasteiger partial charge in [0.2, 0.25) is 0 Å². The van der Waals surface area contributed by atoms with Crippen LogP contribution in [-0.4, -0.2) is 7.11 Å². The molecule has 2 aromatic rings. The monoisotopic (exact) mass is 296 g/mol. The largest absolute Gasteiger partial charge is 0.496 e. The van der Waals surface area contributed by atoms with Crippen molar-refractivity contribution in [3.05, 3.63) is 63.7 Å². The van der Waals surface area contributed by atoms with E-state index in [9.17, 15) is 18.0 Å². The topological polar surface area (TPSA) is 39.4 Å². The maximum absolute atomic E-state index is 12.4. The van der Waals surface area contributed by atoms with Crippen LogP contribution in [0.4, 0.5) is 13.2 Å². The van der Waals surface area contributed by atoms with E-state index < -0.39 is 17.4 Å². The highest BCUT2D eigenvalue weighted by Gasteiger charge is 2.29. The maximum atomic E-state index is 12.4. The second-order valence-corrected chi connectivity index (χ2v) is 4.17. The molecule has 1 aromatic heterocycles. The van der Waals surface area contributed by atoms with Gasteiger partial charge in [-0.2, -0.15) is 13.2 Å². The molecular weight excluding hydrogens is 285 g/mol. The van der Waals surface area contributed by atoms with E-state index in [2.05, 4.69) is 0 Å². The van der Waals surface area contributed by atoms with E-state index in [-0.39, 0.29) is 5.76 Å². The van der Waals surface area contributed by atoms with Gasteiger partial charge in [0, 0.05) is 6.07 Å². The predicted octanol–water partition coefficient (Wildman–Crippen LogP) is 3.84. The average Bonchev–Trinajstić information content (AvgIpc) is 2.44. The van der Waals surface area contributed by atoms with Crippen LogP contribution in [0.25, 0.3) is 12.2 Å². The first-order chi connectivity index (χ1) is 9.88. The Kier molecular flexibility index (Phi) is 4.16. The van der Waals surface area contributed by atoms with Gasteiger partial charge in [-0.3, -0.25) is 0 Å². The number of hydrogen-bond acceptors (Lipinski definition) is 3. The van der Waals surface area contributed by atoms with Crippen molar-refractivity contribution in [3.63, 3.8) is 0 Å². The van der Waals surface area contributed by atoms with Crippen LogP contribution < -0.4 is 10.4 Å². The smallest absolute Gasteiger partial charge is 0.416 e. The Morgan fingerprint density at radius 2 is 1.76 bits per heavy atom. The molecule has 2 rings (SSSR count). The zero-order valence-electron chi connectivity index (χ0n) is 11.0. The molecule has 0 fully saturated rings. The molecule has 0 spiro atoms. The van der Waals surface area contributed by atoms with Gasteiger partial charge in [0.15, 0.2) is 0 Å². The molecule has 0 saturated heterocycles. The van der Waals surface area contributed by atoms with Gasteiger partial charge < -0.3 is 9.15 Å². The zero-order valence-corrected chi connectivity index (χ0v) is 11.0. The van der Waals surface area contributed by atoms with Gasteiger partial charge in [-0.1, -0.05) is 18.2 Å². The van der Waals surface area contributed by atoms with Gasteiger partial charge in [-0.05, 0) is 23.8 Å². The molecule has 0 atom stereocenters. The molecule has 21 heavy (non-hydrogen) atoms. The Morgan fingerprint density at radius 1 is 1.10 bits per heavy atom. The molecule has 0 unspecified atom stereocenters. The molecule has 0 aliphatic heterocycles. The number of methoxy groups -OCH3 is 1. The highest BCUT2D eigenvalue weighted by molar-refractivity contribution is 5.67. The lowest BCUT2D eigenvalue weighted by molar-refractivity contribution is -0.137. The zero-order chi connectivity index (χ0) is 15.5. The molecule has 110 valence electrons. The van der Waals surface area contributed by atoms with Crippen LogP contribution in [-0.2, 0) is 6.18 Å². The molecule has 0 radical (unpaired) electrons. The minimum Gasteiger partial charge on any atom is -0.496 e. The number of alkyl halides is 3. The molecule has 1 aromatic carbocycles. The minimum absolute atomic E-state index is 0.249. The summed E-state index contributed by atoms with van der Waals surface area (Å²) >= 11 is 0. The Morgan fingerprint density at radius 3 is 2.33 bits per heavy atom. The van der Waals surface area contributed by atoms with Crippen LogP contribution in [0.2, 0.25) is 0 Å². The molecule has 0 aliphatic rings. The molecular formula is C15H11F3O3. The predicted molar refractivity (Wildman–Crippen MR) is 71.9 cm³/mol. The van der Waals surface area contributed by atoms with Crippen LogP contribution in [0, 0.1) is 0 Å². The minimum atomic E-state index is -4.36. The van der Waals surface area contributed by atoms with E-state index >= 15 is 0 Å². The number of halogens is 3. The Labute approximate surface area is 118 Å². The third-order valence-corrected chi connectivity index (χ3v) is 2.68. The average molecular weight is 296 g/mol. The van der Waals surface area contributed by atoms with E-state index in [0.717, 1.165) is 12.1 Å². The molecule has 0 amide bonds. The fourth-order valence-electron chi connectivity index (χ4n) is 1.63. The number of ether oxygens (including phenoxy) is 1. The first kappa shape index (κ1) is 14.9. The summed E-state index contributed by atoms with van der Waals surface area (Å²) in [7, 11) is 1.41. The van der Waals surface area contributed by atoms with Crippen molar-refractivity contribution >= 4 is 12.2 Å². The Hall–Kier alpha value is -2.50. The third-order valence-electron chi connectivity index (χ3n) is 2.68. The normalized spacial score (nSPS) is 11.8. The van der Waals surface area contributed by atoms with Crippen LogP contribution in [0.3, 0.4) is 0 Å². The van der Waals surface area contributed by atoms with Crippen molar-refractivity contribution in [1.82, 2.24) is 0 Å². The maximum Gasteiger partial charge on any atom is 0.416 e. The van der Waals surface area contributed by atoms with E-state index in [1.807, 2.05) is 0 Å². The second kappa shape index (κ2) is 5.87. The fraction of sp³-hybridized carbons (Fsp3) is 0.133. The SMILES string of the molecule is COc1cc(/C=C/c2ccc(C(F)(F)F)cc2)oc(=O)c1. The molecule has 0 N–H and O–H groups in total. The molecule has 3 nitrogen and oxygen atoms in total. The van der Waals surface area contributed by atoms with E-state index in [0.29, 0.717) is 11.3 Å². The molecule has 6 heteroatoms. The summed E-state index contributed by atoms with van der Waals surface area (Å²) in [5, 5.41) is 0. The lowest BCUT2D eigenvalue weighted by Crippen LogP contribution is -2.03. The number of rotatable bonds is 3. The third kappa shape index (κ3) is 3.98. The highest BCUT2D eigenvalue weighted by Crippen LogP contribution is 2.29. The van der Waals surface area contributed by atoms with E-state index in [4.69, 9.17) is 9.15 Å². The van der Waals surface area contributed by atoms with Crippen molar-refractivity contribution in [2.75, 3.05) is 7.11 Å². The van der Waals surface area contributed by atoms with Gasteiger partial charge in [0.25, 0.3) is 0 Å². The van der Waals surface area contributed by atoms with Crippen LogP contribution in [0.5, 0.6) is 5.75 Å². The molecule has 0 aliphatic carbocycles. The molecule has 0 bridgehead atoms. The summed E-state index contributed by atoms with van der Waals surface area (Å²) < 4.78 is 47.1. The van der Waals surface area contributed by atoms with E-state index in [1.54, 1.807) is 0 Å². The van der Waals surface area contributed by atoms with Crippen LogP contribution in [0.1, 0.15) is 16.9 Å². The van der Waals surface area contributed by atoms with Gasteiger partial charge in [0.05, 0.1) is 18.7 Å². The number of hydrogen-bond donors (Lipinski definition) is 0. The van der Waals surface area contributed by atoms with Gasteiger partial charge >= 0.3 is 11.8 Å². The lowest BCUT2D eigenvalue weighted by atomic mass is 10.1. The number of benzene rings is 1. The Bertz CT molecular complexity index is 697. The van der Waals surface area contributed by atoms with Crippen molar-refractivity contribution in [2.45, 2.75) is 6.18 Å². The first-order valence-corrected chi connectivity index (χ1v) is 5.93. The molecule has 1 heterocycles. The first-order valence-electron chi connectivity index (χ1n) is 5.93. The van der Waals surface area contributed by atoms with Crippen molar-refractivity contribution in [3.8, 4) is 5.75 Å². The summed E-state index contributed by atoms with van der Waals surface area (Å²) in [6.07, 6.45) is -1.34. The summed E-state index contributed by atoms with van der Waals surface area (Å²) in [6, 6.07) is 7.33. The van der Waals surface area contributed by atoms with Gasteiger partial charge in [-0.25, -0.2) is 4.79 Å². The fourth-order valence-corrected chi connectivity index (χ4v) is 1.63. The van der Waals surface area contributed by atoms with Gasteiger partial charge in [0.1, 0.15) is 11.5 Å². The summed E-state index contributed by atoms with van der Waals surface area (Å²) in [6.45, 7) is 0. The summed E-state index contributed by atoms with van der Waals surface area (Å²) in [4.78, 5) is 11.2. The summed E-state index contributed by atoms with van der Waals surface area (Å²) in [5.74, 6) is 0.595. The quantitative estimate of drug-likeness (QED) is 0.864. The lowest BCUT2D eigenvalue weighted by Gasteiger charge is -2.05. The van der Waals surface area contributed by atoms with Crippen molar-refractivity contribution < 1.29 is 22.3 Å². The summed E-state index contributed by atoms with van der Waals surface area (Å²) in [5.41, 5.74) is -0.734. The van der Waals surface area contributed by atoms with Crippen molar-refractivity contribution in [1.29, 1.82) is 0 Å². The highest BCUT2D eigenvalue weighted by atomic mass is 19.4. The van der Waals surface area contributed by atoms with Gasteiger partial charge in [-0.15, -0.1) is 0 Å². The Balaban J connectivity index is 2.21. The van der Waals surface area contributed by atoms with Crippen LogP contribution in [0.15, 0.2) is 45.6 Å². The second-order valence-electron chi connectivity index (χ2n) is 4.17. The molecule has 0 saturated carbocycles. The standard InChI is InChI=1S/C15H11F3O3/c1-20-13-8-12(21-14(19)9-13)7-4-10-2-5-11(6-3-10)15(16,17)18/h2-9H,1H3/b7-4+. The van der Waals surface area contributed by atoms with Crippen LogP contribution >= 0.6 is 0 Å². The van der Waals surface area contributed by atoms with E-state index in [1.165, 1.54) is 43.5 Å². The van der Waals surface area contributed by atoms with Crippen molar-refractivity contribution in [2.24, 2.45) is 0 Å².